The second-order valence-corrected chi connectivity index (χ2v) is 3.75. The highest BCUT2D eigenvalue weighted by Crippen LogP contribution is 2.01. The SMILES string of the molecule is COCCCN(CCC(=N)N)C(C)C. The second-order valence-electron chi connectivity index (χ2n) is 3.75. The Labute approximate surface area is 86.9 Å². The summed E-state index contributed by atoms with van der Waals surface area (Å²) in [5.41, 5.74) is 5.33. The Morgan fingerprint density at radius 2 is 2.07 bits per heavy atom. The summed E-state index contributed by atoms with van der Waals surface area (Å²) in [5, 5.41) is 7.17. The topological polar surface area (TPSA) is 62.3 Å². The van der Waals surface area contributed by atoms with Crippen LogP contribution in [0.25, 0.3) is 0 Å². The van der Waals surface area contributed by atoms with E-state index in [0.29, 0.717) is 12.5 Å². The fourth-order valence-corrected chi connectivity index (χ4v) is 1.30. The number of rotatable bonds is 8. The van der Waals surface area contributed by atoms with Crippen molar-refractivity contribution < 1.29 is 4.74 Å². The normalized spacial score (nSPS) is 11.2. The van der Waals surface area contributed by atoms with Crippen LogP contribution < -0.4 is 5.73 Å². The first kappa shape index (κ1) is 13.4. The predicted molar refractivity (Wildman–Crippen MR) is 59.7 cm³/mol. The van der Waals surface area contributed by atoms with Gasteiger partial charge >= 0.3 is 0 Å². The average molecular weight is 201 g/mol. The summed E-state index contributed by atoms with van der Waals surface area (Å²) >= 11 is 0. The second kappa shape index (κ2) is 7.76. The lowest BCUT2D eigenvalue weighted by Crippen LogP contribution is -2.35. The third-order valence-corrected chi connectivity index (χ3v) is 2.19. The smallest absolute Gasteiger partial charge is 0.0918 e. The van der Waals surface area contributed by atoms with Crippen molar-refractivity contribution in [3.05, 3.63) is 0 Å². The number of ether oxygens (including phenoxy) is 1. The Kier molecular flexibility index (Phi) is 7.42. The molecule has 0 amide bonds. The molecule has 84 valence electrons. The third kappa shape index (κ3) is 6.86. The molecule has 4 heteroatoms. The quantitative estimate of drug-likeness (QED) is 0.351. The van der Waals surface area contributed by atoms with E-state index in [2.05, 4.69) is 18.7 Å². The molecule has 0 saturated heterocycles. The summed E-state index contributed by atoms with van der Waals surface area (Å²) < 4.78 is 5.00. The minimum atomic E-state index is 0.266. The van der Waals surface area contributed by atoms with E-state index in [9.17, 15) is 0 Å². The molecule has 14 heavy (non-hydrogen) atoms. The standard InChI is InChI=1S/C10H23N3O/c1-9(2)13(6-4-8-14-3)7-5-10(11)12/h9H,4-8H2,1-3H3,(H3,11,12). The van der Waals surface area contributed by atoms with Crippen LogP contribution in [0.3, 0.4) is 0 Å². The van der Waals surface area contributed by atoms with Crippen molar-refractivity contribution in [2.75, 3.05) is 26.8 Å². The maximum atomic E-state index is 7.17. The molecule has 4 nitrogen and oxygen atoms in total. The van der Waals surface area contributed by atoms with Crippen LogP contribution in [-0.4, -0.2) is 43.6 Å². The van der Waals surface area contributed by atoms with Crippen LogP contribution in [0.2, 0.25) is 0 Å². The Morgan fingerprint density at radius 1 is 1.43 bits per heavy atom. The first-order valence-electron chi connectivity index (χ1n) is 5.13. The van der Waals surface area contributed by atoms with Gasteiger partial charge in [-0.3, -0.25) is 5.41 Å². The van der Waals surface area contributed by atoms with Gasteiger partial charge in [0, 0.05) is 39.3 Å². The van der Waals surface area contributed by atoms with Gasteiger partial charge in [0.1, 0.15) is 0 Å². The first-order valence-corrected chi connectivity index (χ1v) is 5.13. The van der Waals surface area contributed by atoms with E-state index in [1.54, 1.807) is 7.11 Å². The fourth-order valence-electron chi connectivity index (χ4n) is 1.30. The molecule has 0 spiro atoms. The number of methoxy groups -OCH3 is 1. The van der Waals surface area contributed by atoms with Crippen molar-refractivity contribution in [1.82, 2.24) is 4.90 Å². The van der Waals surface area contributed by atoms with Gasteiger partial charge in [-0.25, -0.2) is 0 Å². The monoisotopic (exact) mass is 201 g/mol. The van der Waals surface area contributed by atoms with E-state index in [1.807, 2.05) is 0 Å². The van der Waals surface area contributed by atoms with E-state index >= 15 is 0 Å². The van der Waals surface area contributed by atoms with Crippen LogP contribution in [0.4, 0.5) is 0 Å². The Balaban J connectivity index is 3.72. The van der Waals surface area contributed by atoms with Gasteiger partial charge in [-0.2, -0.15) is 0 Å². The van der Waals surface area contributed by atoms with Crippen LogP contribution in [0, 0.1) is 5.41 Å². The number of amidine groups is 1. The van der Waals surface area contributed by atoms with Gasteiger partial charge in [0.2, 0.25) is 0 Å². The Bertz CT molecular complexity index is 159. The lowest BCUT2D eigenvalue weighted by Gasteiger charge is -2.25. The molecule has 0 rings (SSSR count). The third-order valence-electron chi connectivity index (χ3n) is 2.19. The molecule has 0 radical (unpaired) electrons. The molecule has 0 atom stereocenters. The summed E-state index contributed by atoms with van der Waals surface area (Å²) in [5.74, 6) is 0.266. The molecular weight excluding hydrogens is 178 g/mol. The number of nitrogens with two attached hydrogens (primary N) is 1. The van der Waals surface area contributed by atoms with E-state index < -0.39 is 0 Å². The molecule has 0 aliphatic rings. The maximum absolute atomic E-state index is 7.17. The van der Waals surface area contributed by atoms with Crippen LogP contribution >= 0.6 is 0 Å². The Morgan fingerprint density at radius 3 is 2.50 bits per heavy atom. The van der Waals surface area contributed by atoms with Crippen molar-refractivity contribution in [3.8, 4) is 0 Å². The van der Waals surface area contributed by atoms with Crippen molar-refractivity contribution in [2.45, 2.75) is 32.7 Å². The summed E-state index contributed by atoms with van der Waals surface area (Å²) in [6.07, 6.45) is 1.69. The molecule has 0 aliphatic heterocycles. The van der Waals surface area contributed by atoms with Crippen molar-refractivity contribution in [3.63, 3.8) is 0 Å². The zero-order valence-corrected chi connectivity index (χ0v) is 9.55. The summed E-state index contributed by atoms with van der Waals surface area (Å²) in [6.45, 7) is 7.00. The molecular formula is C10H23N3O. The zero-order chi connectivity index (χ0) is 11.0. The molecule has 0 unspecified atom stereocenters. The highest BCUT2D eigenvalue weighted by Gasteiger charge is 2.08. The van der Waals surface area contributed by atoms with E-state index in [-0.39, 0.29) is 5.84 Å². The molecule has 0 fully saturated rings. The largest absolute Gasteiger partial charge is 0.388 e. The van der Waals surface area contributed by atoms with Crippen LogP contribution in [0.1, 0.15) is 26.7 Å². The summed E-state index contributed by atoms with van der Waals surface area (Å²) in [7, 11) is 1.72. The summed E-state index contributed by atoms with van der Waals surface area (Å²) in [6, 6.07) is 0.506. The molecule has 0 aromatic rings. The molecule has 0 bridgehead atoms. The van der Waals surface area contributed by atoms with E-state index in [0.717, 1.165) is 26.1 Å². The first-order chi connectivity index (χ1) is 6.57. The number of nitrogens with one attached hydrogen (secondary N) is 1. The zero-order valence-electron chi connectivity index (χ0n) is 9.55. The predicted octanol–water partition coefficient (Wildman–Crippen LogP) is 1.06. The number of nitrogens with zero attached hydrogens (tertiary/aromatic N) is 1. The van der Waals surface area contributed by atoms with Crippen LogP contribution in [0.5, 0.6) is 0 Å². The van der Waals surface area contributed by atoms with Crippen LogP contribution in [0.15, 0.2) is 0 Å². The van der Waals surface area contributed by atoms with Gasteiger partial charge in [-0.05, 0) is 20.3 Å². The van der Waals surface area contributed by atoms with Gasteiger partial charge in [0.15, 0.2) is 0 Å². The summed E-state index contributed by atoms with van der Waals surface area (Å²) in [4.78, 5) is 2.32. The van der Waals surface area contributed by atoms with Gasteiger partial charge in [0.05, 0.1) is 5.84 Å². The van der Waals surface area contributed by atoms with Crippen molar-refractivity contribution in [1.29, 1.82) is 5.41 Å². The molecule has 0 aromatic carbocycles. The fraction of sp³-hybridized carbons (Fsp3) is 0.900. The van der Waals surface area contributed by atoms with Gasteiger partial charge in [-0.15, -0.1) is 0 Å². The highest BCUT2D eigenvalue weighted by atomic mass is 16.5. The van der Waals surface area contributed by atoms with Crippen LogP contribution in [-0.2, 0) is 4.74 Å². The molecule has 0 saturated carbocycles. The minimum Gasteiger partial charge on any atom is -0.388 e. The van der Waals surface area contributed by atoms with E-state index in [1.165, 1.54) is 0 Å². The van der Waals surface area contributed by atoms with Gasteiger partial charge < -0.3 is 15.4 Å². The number of hydrogen-bond acceptors (Lipinski definition) is 3. The minimum absolute atomic E-state index is 0.266. The molecule has 3 N–H and O–H groups in total. The number of hydrogen-bond donors (Lipinski definition) is 2. The van der Waals surface area contributed by atoms with Crippen molar-refractivity contribution in [2.24, 2.45) is 5.73 Å². The average Bonchev–Trinajstić information content (AvgIpc) is 2.10. The molecule has 0 heterocycles. The molecule has 0 aromatic heterocycles. The lowest BCUT2D eigenvalue weighted by molar-refractivity contribution is 0.160. The highest BCUT2D eigenvalue weighted by molar-refractivity contribution is 5.76. The van der Waals surface area contributed by atoms with E-state index in [4.69, 9.17) is 15.9 Å². The Hall–Kier alpha value is -0.610. The van der Waals surface area contributed by atoms with Gasteiger partial charge in [0.25, 0.3) is 0 Å². The van der Waals surface area contributed by atoms with Crippen molar-refractivity contribution >= 4 is 5.84 Å². The molecule has 0 aliphatic carbocycles. The maximum Gasteiger partial charge on any atom is 0.0918 e. The van der Waals surface area contributed by atoms with Gasteiger partial charge in [-0.1, -0.05) is 0 Å². The lowest BCUT2D eigenvalue weighted by atomic mass is 10.2.